The number of hydrogen-bond acceptors (Lipinski definition) is 3. The normalized spacial score (nSPS) is 10.6. The van der Waals surface area contributed by atoms with Gasteiger partial charge < -0.3 is 10.1 Å². The Kier molecular flexibility index (Phi) is 6.75. The molecule has 124 valence electrons. The summed E-state index contributed by atoms with van der Waals surface area (Å²) < 4.78 is 5.82. The van der Waals surface area contributed by atoms with Gasteiger partial charge in [0, 0.05) is 17.1 Å². The molecule has 0 saturated carbocycles. The largest absolute Gasteiger partial charge is 0.452 e. The lowest BCUT2D eigenvalue weighted by Crippen LogP contribution is -2.28. The topological polar surface area (TPSA) is 55.4 Å². The summed E-state index contributed by atoms with van der Waals surface area (Å²) in [5.74, 6) is -0.894. The maximum absolute atomic E-state index is 11.7. The van der Waals surface area contributed by atoms with E-state index in [1.54, 1.807) is 6.08 Å². The summed E-state index contributed by atoms with van der Waals surface area (Å²) in [6.45, 7) is 2.09. The van der Waals surface area contributed by atoms with Crippen LogP contribution < -0.4 is 5.32 Å². The van der Waals surface area contributed by atoms with Crippen LogP contribution in [0.4, 0.5) is 0 Å². The van der Waals surface area contributed by atoms with Crippen molar-refractivity contribution in [2.24, 2.45) is 0 Å². The lowest BCUT2D eigenvalue weighted by molar-refractivity contribution is -0.143. The zero-order valence-corrected chi connectivity index (χ0v) is 14.9. The van der Waals surface area contributed by atoms with Crippen LogP contribution in [0.3, 0.4) is 0 Å². The highest BCUT2D eigenvalue weighted by molar-refractivity contribution is 9.10. The fourth-order valence-electron chi connectivity index (χ4n) is 1.96. The third-order valence-corrected chi connectivity index (χ3v) is 3.92. The minimum absolute atomic E-state index is 0.301. The summed E-state index contributed by atoms with van der Waals surface area (Å²) in [7, 11) is 0. The Hall–Kier alpha value is -2.40. The molecule has 0 bridgehead atoms. The molecule has 24 heavy (non-hydrogen) atoms. The SMILES string of the molecule is Cc1ccc(/C=C/C(=O)OCC(=O)NCc2ccccc2)c(Br)c1. The number of nitrogens with one attached hydrogen (secondary N) is 1. The van der Waals surface area contributed by atoms with Crippen LogP contribution in [-0.2, 0) is 20.9 Å². The average Bonchev–Trinajstić information content (AvgIpc) is 2.58. The number of amides is 1. The maximum atomic E-state index is 11.7. The summed E-state index contributed by atoms with van der Waals surface area (Å²) in [5.41, 5.74) is 2.98. The average molecular weight is 388 g/mol. The standard InChI is InChI=1S/C19H18BrNO3/c1-14-7-8-16(17(20)11-14)9-10-19(23)24-13-18(22)21-12-15-5-3-2-4-6-15/h2-11H,12-13H2,1H3,(H,21,22)/b10-9+. The van der Waals surface area contributed by atoms with E-state index in [9.17, 15) is 9.59 Å². The molecule has 0 unspecified atom stereocenters. The van der Waals surface area contributed by atoms with E-state index >= 15 is 0 Å². The van der Waals surface area contributed by atoms with Gasteiger partial charge in [0.2, 0.25) is 0 Å². The van der Waals surface area contributed by atoms with Gasteiger partial charge in [-0.15, -0.1) is 0 Å². The van der Waals surface area contributed by atoms with Crippen molar-refractivity contribution in [3.8, 4) is 0 Å². The van der Waals surface area contributed by atoms with Gasteiger partial charge in [-0.2, -0.15) is 0 Å². The molecule has 4 nitrogen and oxygen atoms in total. The van der Waals surface area contributed by atoms with E-state index < -0.39 is 5.97 Å². The van der Waals surface area contributed by atoms with Crippen molar-refractivity contribution in [1.29, 1.82) is 0 Å². The number of carbonyl (C=O) groups excluding carboxylic acids is 2. The summed E-state index contributed by atoms with van der Waals surface area (Å²) in [4.78, 5) is 23.3. The number of hydrogen-bond donors (Lipinski definition) is 1. The molecule has 0 radical (unpaired) electrons. The molecule has 2 aromatic carbocycles. The Bertz CT molecular complexity index is 742. The van der Waals surface area contributed by atoms with Crippen LogP contribution >= 0.6 is 15.9 Å². The van der Waals surface area contributed by atoms with Gasteiger partial charge in [-0.3, -0.25) is 4.79 Å². The van der Waals surface area contributed by atoms with Crippen molar-refractivity contribution in [3.63, 3.8) is 0 Å². The first kappa shape index (κ1) is 17.9. The molecule has 0 heterocycles. The molecule has 5 heteroatoms. The Balaban J connectivity index is 1.76. The minimum atomic E-state index is -0.558. The van der Waals surface area contributed by atoms with Gasteiger partial charge in [-0.1, -0.05) is 58.4 Å². The number of aryl methyl sites for hydroxylation is 1. The molecular weight excluding hydrogens is 370 g/mol. The van der Waals surface area contributed by atoms with Gasteiger partial charge in [0.25, 0.3) is 5.91 Å². The second kappa shape index (κ2) is 9.03. The van der Waals surface area contributed by atoms with Crippen LogP contribution in [-0.4, -0.2) is 18.5 Å². The number of halogens is 1. The molecule has 0 aliphatic rings. The van der Waals surface area contributed by atoms with E-state index in [1.807, 2.05) is 55.5 Å². The molecule has 0 aliphatic heterocycles. The van der Waals surface area contributed by atoms with Gasteiger partial charge in [0.15, 0.2) is 6.61 Å². The van der Waals surface area contributed by atoms with E-state index in [4.69, 9.17) is 4.74 Å². The predicted octanol–water partition coefficient (Wildman–Crippen LogP) is 3.63. The quantitative estimate of drug-likeness (QED) is 0.608. The highest BCUT2D eigenvalue weighted by Crippen LogP contribution is 2.19. The van der Waals surface area contributed by atoms with Gasteiger partial charge in [0.1, 0.15) is 0 Å². The second-order valence-electron chi connectivity index (χ2n) is 5.23. The van der Waals surface area contributed by atoms with E-state index in [0.29, 0.717) is 6.54 Å². The summed E-state index contributed by atoms with van der Waals surface area (Å²) in [5, 5.41) is 2.70. The molecule has 2 aromatic rings. The minimum Gasteiger partial charge on any atom is -0.452 e. The molecule has 2 rings (SSSR count). The molecule has 0 atom stereocenters. The number of carbonyl (C=O) groups is 2. The van der Waals surface area contributed by atoms with Crippen LogP contribution in [0.1, 0.15) is 16.7 Å². The number of ether oxygens (including phenoxy) is 1. The first-order valence-corrected chi connectivity index (χ1v) is 8.25. The van der Waals surface area contributed by atoms with Crippen LogP contribution in [0.15, 0.2) is 59.1 Å². The van der Waals surface area contributed by atoms with Crippen LogP contribution in [0.25, 0.3) is 6.08 Å². The van der Waals surface area contributed by atoms with E-state index in [0.717, 1.165) is 21.2 Å². The molecular formula is C19H18BrNO3. The predicted molar refractivity (Wildman–Crippen MR) is 97.2 cm³/mol. The molecule has 0 aromatic heterocycles. The Morgan fingerprint density at radius 2 is 1.92 bits per heavy atom. The number of benzene rings is 2. The first-order chi connectivity index (χ1) is 11.5. The third kappa shape index (κ3) is 6.01. The van der Waals surface area contributed by atoms with Crippen LogP contribution in [0, 0.1) is 6.92 Å². The number of rotatable bonds is 6. The zero-order valence-electron chi connectivity index (χ0n) is 13.3. The maximum Gasteiger partial charge on any atom is 0.331 e. The van der Waals surface area contributed by atoms with Gasteiger partial charge in [0.05, 0.1) is 0 Å². The third-order valence-electron chi connectivity index (χ3n) is 3.23. The highest BCUT2D eigenvalue weighted by atomic mass is 79.9. The molecule has 1 amide bonds. The highest BCUT2D eigenvalue weighted by Gasteiger charge is 2.05. The summed E-state index contributed by atoms with van der Waals surface area (Å²) in [6.07, 6.45) is 2.95. The molecule has 1 N–H and O–H groups in total. The Morgan fingerprint density at radius 3 is 2.62 bits per heavy atom. The smallest absolute Gasteiger partial charge is 0.331 e. The molecule has 0 fully saturated rings. The van der Waals surface area contributed by atoms with Gasteiger partial charge >= 0.3 is 5.97 Å². The fraction of sp³-hybridized carbons (Fsp3) is 0.158. The van der Waals surface area contributed by atoms with Crippen molar-refractivity contribution in [1.82, 2.24) is 5.32 Å². The van der Waals surface area contributed by atoms with E-state index in [1.165, 1.54) is 6.08 Å². The van der Waals surface area contributed by atoms with Crippen LogP contribution in [0.2, 0.25) is 0 Å². The van der Waals surface area contributed by atoms with Crippen LogP contribution in [0.5, 0.6) is 0 Å². The lowest BCUT2D eigenvalue weighted by Gasteiger charge is -2.05. The van der Waals surface area contributed by atoms with E-state index in [-0.39, 0.29) is 12.5 Å². The Morgan fingerprint density at radius 1 is 1.17 bits per heavy atom. The Labute approximate surface area is 149 Å². The monoisotopic (exact) mass is 387 g/mol. The molecule has 0 saturated heterocycles. The molecule has 0 spiro atoms. The first-order valence-electron chi connectivity index (χ1n) is 7.46. The van der Waals surface area contributed by atoms with Crippen molar-refractivity contribution in [3.05, 3.63) is 75.8 Å². The van der Waals surface area contributed by atoms with E-state index in [2.05, 4.69) is 21.2 Å². The summed E-state index contributed by atoms with van der Waals surface area (Å²) >= 11 is 3.43. The lowest BCUT2D eigenvalue weighted by atomic mass is 10.1. The summed E-state index contributed by atoms with van der Waals surface area (Å²) in [6, 6.07) is 15.3. The van der Waals surface area contributed by atoms with Crippen molar-refractivity contribution in [2.45, 2.75) is 13.5 Å². The molecule has 0 aliphatic carbocycles. The van der Waals surface area contributed by atoms with Gasteiger partial charge in [-0.05, 0) is 35.8 Å². The second-order valence-corrected chi connectivity index (χ2v) is 6.08. The number of esters is 1. The van der Waals surface area contributed by atoms with Crippen molar-refractivity contribution >= 4 is 33.9 Å². The zero-order chi connectivity index (χ0) is 17.4. The van der Waals surface area contributed by atoms with Crippen molar-refractivity contribution in [2.75, 3.05) is 6.61 Å². The van der Waals surface area contributed by atoms with Crippen molar-refractivity contribution < 1.29 is 14.3 Å². The van der Waals surface area contributed by atoms with Gasteiger partial charge in [-0.25, -0.2) is 4.79 Å². The fourth-order valence-corrected chi connectivity index (χ4v) is 2.58.